The number of aromatic amines is 1. The van der Waals surface area contributed by atoms with Gasteiger partial charge in [0.25, 0.3) is 5.91 Å². The molecular formula is C18H13FN4OS2. The van der Waals surface area contributed by atoms with Gasteiger partial charge in [0.1, 0.15) is 22.3 Å². The molecule has 1 N–H and O–H groups in total. The summed E-state index contributed by atoms with van der Waals surface area (Å²) in [6, 6.07) is 7.90. The van der Waals surface area contributed by atoms with Gasteiger partial charge in [0, 0.05) is 34.4 Å². The Kier molecular flexibility index (Phi) is 4.59. The molecule has 0 radical (unpaired) electrons. The molecule has 0 bridgehead atoms. The second kappa shape index (κ2) is 7.19. The summed E-state index contributed by atoms with van der Waals surface area (Å²) in [7, 11) is 0. The number of nitrogens with zero attached hydrogens (tertiary/aromatic N) is 3. The first kappa shape index (κ1) is 16.6. The Morgan fingerprint density at radius 2 is 2.19 bits per heavy atom. The number of hydrogen-bond donors (Lipinski definition) is 1. The average molecular weight is 384 g/mol. The van der Waals surface area contributed by atoms with Crippen molar-refractivity contribution in [2.24, 2.45) is 0 Å². The van der Waals surface area contributed by atoms with Gasteiger partial charge in [-0.1, -0.05) is 6.07 Å². The third-order valence-corrected chi connectivity index (χ3v) is 5.29. The molecule has 4 rings (SSSR count). The molecule has 0 saturated carbocycles. The quantitative estimate of drug-likeness (QED) is 0.548. The van der Waals surface area contributed by atoms with Gasteiger partial charge in [0.2, 0.25) is 0 Å². The van der Waals surface area contributed by atoms with Crippen LogP contribution in [0.3, 0.4) is 0 Å². The minimum Gasteiger partial charge on any atom is -0.347 e. The predicted octanol–water partition coefficient (Wildman–Crippen LogP) is 4.58. The van der Waals surface area contributed by atoms with E-state index >= 15 is 0 Å². The molecule has 1 aromatic carbocycles. The zero-order chi connectivity index (χ0) is 17.9. The van der Waals surface area contributed by atoms with Crippen LogP contribution in [0.15, 0.2) is 58.9 Å². The van der Waals surface area contributed by atoms with Gasteiger partial charge in [0.15, 0.2) is 0 Å². The van der Waals surface area contributed by atoms with Gasteiger partial charge >= 0.3 is 0 Å². The van der Waals surface area contributed by atoms with Crippen LogP contribution in [0.25, 0.3) is 10.6 Å². The third-order valence-electron chi connectivity index (χ3n) is 3.72. The van der Waals surface area contributed by atoms with Crippen LogP contribution in [0.1, 0.15) is 16.3 Å². The van der Waals surface area contributed by atoms with E-state index in [9.17, 15) is 9.18 Å². The number of aromatic nitrogens is 3. The summed E-state index contributed by atoms with van der Waals surface area (Å²) >= 11 is 2.99. The number of benzene rings is 1. The van der Waals surface area contributed by atoms with E-state index in [4.69, 9.17) is 0 Å². The first-order valence-electron chi connectivity index (χ1n) is 7.74. The van der Waals surface area contributed by atoms with E-state index in [1.165, 1.54) is 28.4 Å². The van der Waals surface area contributed by atoms with Gasteiger partial charge < -0.3 is 4.98 Å². The van der Waals surface area contributed by atoms with Crippen molar-refractivity contribution in [3.8, 4) is 10.6 Å². The van der Waals surface area contributed by atoms with E-state index in [-0.39, 0.29) is 12.5 Å². The molecule has 0 unspecified atom stereocenters. The molecule has 0 aliphatic heterocycles. The van der Waals surface area contributed by atoms with Crippen molar-refractivity contribution in [1.29, 1.82) is 0 Å². The topological polar surface area (TPSA) is 61.9 Å². The highest BCUT2D eigenvalue weighted by Gasteiger charge is 2.22. The van der Waals surface area contributed by atoms with E-state index in [2.05, 4.69) is 15.0 Å². The Hall–Kier alpha value is -2.84. The van der Waals surface area contributed by atoms with Gasteiger partial charge in [-0.3, -0.25) is 9.69 Å². The maximum Gasteiger partial charge on any atom is 0.278 e. The number of carbonyl (C=O) groups is 1. The van der Waals surface area contributed by atoms with Gasteiger partial charge in [-0.05, 0) is 29.6 Å². The summed E-state index contributed by atoms with van der Waals surface area (Å²) in [6.07, 6.45) is 3.29. The van der Waals surface area contributed by atoms with Gasteiger partial charge in [-0.15, -0.1) is 11.3 Å². The first-order chi connectivity index (χ1) is 12.7. The first-order valence-corrected chi connectivity index (χ1v) is 9.57. The molecule has 1 amide bonds. The summed E-state index contributed by atoms with van der Waals surface area (Å²) in [5.41, 5.74) is 1.77. The number of nitrogens with one attached hydrogen (secondary N) is 1. The summed E-state index contributed by atoms with van der Waals surface area (Å²) in [5, 5.41) is 6.46. The number of imidazole rings is 1. The lowest BCUT2D eigenvalue weighted by molar-refractivity contribution is 0.0980. The monoisotopic (exact) mass is 384 g/mol. The Labute approximate surface area is 156 Å². The van der Waals surface area contributed by atoms with Crippen LogP contribution in [0.4, 0.5) is 10.1 Å². The number of carbonyl (C=O) groups excluding carboxylic acids is 1. The molecule has 8 heteroatoms. The second-order valence-electron chi connectivity index (χ2n) is 5.46. The molecule has 130 valence electrons. The van der Waals surface area contributed by atoms with E-state index in [1.807, 2.05) is 16.8 Å². The van der Waals surface area contributed by atoms with Crippen molar-refractivity contribution < 1.29 is 9.18 Å². The molecular weight excluding hydrogens is 371 g/mol. The molecule has 0 saturated heterocycles. The summed E-state index contributed by atoms with van der Waals surface area (Å²) in [4.78, 5) is 26.1. The number of thiophene rings is 1. The lowest BCUT2D eigenvalue weighted by Crippen LogP contribution is -2.31. The zero-order valence-corrected chi connectivity index (χ0v) is 15.1. The fraction of sp³-hybridized carbons (Fsp3) is 0.0556. The van der Waals surface area contributed by atoms with Crippen LogP contribution in [-0.4, -0.2) is 20.9 Å². The highest BCUT2D eigenvalue weighted by Crippen LogP contribution is 2.27. The molecule has 0 aliphatic carbocycles. The van der Waals surface area contributed by atoms with E-state index in [0.29, 0.717) is 17.2 Å². The van der Waals surface area contributed by atoms with Crippen LogP contribution in [0.5, 0.6) is 0 Å². The number of H-pyrrole nitrogens is 1. The lowest BCUT2D eigenvalue weighted by Gasteiger charge is -2.21. The van der Waals surface area contributed by atoms with Crippen LogP contribution >= 0.6 is 22.7 Å². The Morgan fingerprint density at radius 3 is 2.92 bits per heavy atom. The fourth-order valence-corrected chi connectivity index (χ4v) is 3.99. The highest BCUT2D eigenvalue weighted by molar-refractivity contribution is 7.14. The molecule has 3 heterocycles. The van der Waals surface area contributed by atoms with Crippen molar-refractivity contribution in [3.05, 3.63) is 76.2 Å². The number of halogens is 1. The van der Waals surface area contributed by atoms with Crippen molar-refractivity contribution >= 4 is 34.3 Å². The Balaban J connectivity index is 1.67. The second-order valence-corrected chi connectivity index (χ2v) is 7.10. The van der Waals surface area contributed by atoms with Gasteiger partial charge in [-0.25, -0.2) is 14.4 Å². The molecule has 26 heavy (non-hydrogen) atoms. The van der Waals surface area contributed by atoms with Crippen molar-refractivity contribution in [2.45, 2.75) is 6.54 Å². The predicted molar refractivity (Wildman–Crippen MR) is 101 cm³/mol. The van der Waals surface area contributed by atoms with Crippen molar-refractivity contribution in [2.75, 3.05) is 4.90 Å². The molecule has 4 aromatic rings. The van der Waals surface area contributed by atoms with Crippen LogP contribution in [0, 0.1) is 5.82 Å². The molecule has 0 fully saturated rings. The summed E-state index contributed by atoms with van der Waals surface area (Å²) in [6.45, 7) is 0.195. The van der Waals surface area contributed by atoms with E-state index < -0.39 is 5.82 Å². The Morgan fingerprint density at radius 1 is 1.27 bits per heavy atom. The molecule has 0 spiro atoms. The maximum atomic E-state index is 13.7. The molecule has 5 nitrogen and oxygen atoms in total. The van der Waals surface area contributed by atoms with Crippen molar-refractivity contribution in [3.63, 3.8) is 0 Å². The maximum absolute atomic E-state index is 13.7. The van der Waals surface area contributed by atoms with E-state index in [1.54, 1.807) is 41.2 Å². The van der Waals surface area contributed by atoms with Crippen molar-refractivity contribution in [1.82, 2.24) is 15.0 Å². The third kappa shape index (κ3) is 3.42. The minimum atomic E-state index is -0.406. The number of hydrogen-bond acceptors (Lipinski definition) is 5. The lowest BCUT2D eigenvalue weighted by atomic mass is 10.2. The normalized spacial score (nSPS) is 10.8. The van der Waals surface area contributed by atoms with Crippen LogP contribution in [-0.2, 0) is 6.54 Å². The van der Waals surface area contributed by atoms with Crippen LogP contribution in [0.2, 0.25) is 0 Å². The van der Waals surface area contributed by atoms with Crippen LogP contribution < -0.4 is 4.90 Å². The number of anilines is 1. The average Bonchev–Trinajstić information content (AvgIpc) is 3.41. The number of thiazole rings is 1. The zero-order valence-electron chi connectivity index (χ0n) is 13.4. The van der Waals surface area contributed by atoms with E-state index in [0.717, 1.165) is 10.6 Å². The number of amides is 1. The molecule has 0 aliphatic rings. The summed E-state index contributed by atoms with van der Waals surface area (Å²) in [5.74, 6) is -0.0994. The Bertz CT molecular complexity index is 1010. The van der Waals surface area contributed by atoms with Gasteiger partial charge in [-0.2, -0.15) is 11.3 Å². The SMILES string of the molecule is O=C(c1csc(-c2ccsc2)n1)N(Cc1ncc[nH]1)c1cccc(F)c1. The van der Waals surface area contributed by atoms with Gasteiger partial charge in [0.05, 0.1) is 6.54 Å². The number of rotatable bonds is 5. The fourth-order valence-electron chi connectivity index (χ4n) is 2.49. The summed E-state index contributed by atoms with van der Waals surface area (Å²) < 4.78 is 13.7. The largest absolute Gasteiger partial charge is 0.347 e. The molecule has 3 aromatic heterocycles. The smallest absolute Gasteiger partial charge is 0.278 e. The molecule has 0 atom stereocenters. The minimum absolute atomic E-state index is 0.195. The highest BCUT2D eigenvalue weighted by atomic mass is 32.1. The standard InChI is InChI=1S/C18H13FN4OS2/c19-13-2-1-3-14(8-13)23(9-16-20-5-6-21-16)18(24)15-11-26-17(22-15)12-4-7-25-10-12/h1-8,10-11H,9H2,(H,20,21).